The Labute approximate surface area is 199 Å². The van der Waals surface area contributed by atoms with Crippen LogP contribution in [0, 0.1) is 29.1 Å². The molecule has 5 N–H and O–H groups in total. The summed E-state index contributed by atoms with van der Waals surface area (Å²) in [4.78, 5) is 41.5. The summed E-state index contributed by atoms with van der Waals surface area (Å²) in [5, 5.41) is 15.8. The predicted octanol–water partition coefficient (Wildman–Crippen LogP) is 2.27. The number of aromatic amines is 1. The molecule has 9 heteroatoms. The lowest BCUT2D eigenvalue weighted by Gasteiger charge is -2.26. The van der Waals surface area contributed by atoms with Crippen LogP contribution in [0.2, 0.25) is 0 Å². The largest absolute Gasteiger partial charge is 0.496 e. The number of nitrogens with zero attached hydrogens (tertiary/aromatic N) is 1. The van der Waals surface area contributed by atoms with Crippen LogP contribution in [-0.4, -0.2) is 48.3 Å². The van der Waals surface area contributed by atoms with E-state index in [-0.39, 0.29) is 42.3 Å². The number of fused-ring (bicyclic) bond motifs is 1. The Balaban J connectivity index is 1.75. The fraction of sp³-hybridized carbons (Fsp3) is 0.520. The number of carbonyl (C=O) groups is 3. The van der Waals surface area contributed by atoms with Crippen molar-refractivity contribution in [3.05, 3.63) is 30.0 Å². The van der Waals surface area contributed by atoms with Crippen LogP contribution in [0.25, 0.3) is 10.9 Å². The average Bonchev–Trinajstić information content (AvgIpc) is 3.43. The maximum Gasteiger partial charge on any atom is 0.223 e. The summed E-state index contributed by atoms with van der Waals surface area (Å²) in [6.07, 6.45) is 1.44. The predicted molar refractivity (Wildman–Crippen MR) is 128 cm³/mol. The summed E-state index contributed by atoms with van der Waals surface area (Å²) in [6.45, 7) is 4.55. The van der Waals surface area contributed by atoms with Crippen LogP contribution >= 0.6 is 0 Å². The molecule has 0 radical (unpaired) electrons. The first-order valence-corrected chi connectivity index (χ1v) is 11.7. The number of benzene rings is 1. The highest BCUT2D eigenvalue weighted by Crippen LogP contribution is 2.28. The number of nitriles is 1. The van der Waals surface area contributed by atoms with Gasteiger partial charge in [-0.05, 0) is 43.4 Å². The number of Topliss-reactive ketones (excluding diaryl/α,β-unsaturated/α-hetero) is 1. The molecule has 2 unspecified atom stereocenters. The topological polar surface area (TPSA) is 150 Å². The second-order valence-electron chi connectivity index (χ2n) is 9.34. The molecule has 9 nitrogen and oxygen atoms in total. The van der Waals surface area contributed by atoms with Crippen LogP contribution < -0.4 is 21.1 Å². The number of ether oxygens (including phenoxy) is 1. The number of carbonyl (C=O) groups excluding carboxylic acids is 3. The first kappa shape index (κ1) is 25.2. The van der Waals surface area contributed by atoms with E-state index in [0.29, 0.717) is 30.8 Å². The van der Waals surface area contributed by atoms with Crippen molar-refractivity contribution in [2.45, 2.75) is 51.6 Å². The molecule has 4 atom stereocenters. The summed E-state index contributed by atoms with van der Waals surface area (Å²) in [5.41, 5.74) is 7.15. The summed E-state index contributed by atoms with van der Waals surface area (Å²) in [5.74, 6) is -0.654. The number of methoxy groups -OCH3 is 1. The van der Waals surface area contributed by atoms with Crippen LogP contribution in [0.3, 0.4) is 0 Å². The smallest absolute Gasteiger partial charge is 0.223 e. The van der Waals surface area contributed by atoms with Gasteiger partial charge in [-0.15, -0.1) is 0 Å². The van der Waals surface area contributed by atoms with Crippen molar-refractivity contribution in [1.29, 1.82) is 5.26 Å². The first-order valence-electron chi connectivity index (χ1n) is 11.7. The van der Waals surface area contributed by atoms with E-state index in [4.69, 9.17) is 10.5 Å². The van der Waals surface area contributed by atoms with Crippen molar-refractivity contribution in [2.75, 3.05) is 13.7 Å². The zero-order chi connectivity index (χ0) is 24.8. The lowest BCUT2D eigenvalue weighted by molar-refractivity contribution is -0.127. The van der Waals surface area contributed by atoms with Crippen LogP contribution in [0.5, 0.6) is 5.75 Å². The number of ketones is 1. The number of rotatable bonds is 11. The first-order chi connectivity index (χ1) is 16.2. The monoisotopic (exact) mass is 467 g/mol. The van der Waals surface area contributed by atoms with E-state index in [2.05, 4.69) is 15.6 Å². The van der Waals surface area contributed by atoms with Crippen molar-refractivity contribution in [2.24, 2.45) is 23.5 Å². The second kappa shape index (κ2) is 11.2. The van der Waals surface area contributed by atoms with Gasteiger partial charge in [0.1, 0.15) is 11.8 Å². The number of hydrogen-bond donors (Lipinski definition) is 4. The number of H-pyrrole nitrogens is 1. The molecular weight excluding hydrogens is 434 g/mol. The molecule has 1 aliphatic rings. The number of amides is 2. The van der Waals surface area contributed by atoms with Crippen molar-refractivity contribution >= 4 is 28.5 Å². The molecule has 0 aliphatic carbocycles. The van der Waals surface area contributed by atoms with Gasteiger partial charge >= 0.3 is 0 Å². The van der Waals surface area contributed by atoms with E-state index < -0.39 is 18.0 Å². The highest BCUT2D eigenvalue weighted by atomic mass is 16.5. The lowest BCUT2D eigenvalue weighted by Crippen LogP contribution is -2.50. The molecule has 0 saturated carbocycles. The Kier molecular flexibility index (Phi) is 8.29. The molecule has 1 aromatic carbocycles. The third-order valence-corrected chi connectivity index (χ3v) is 6.31. The maximum absolute atomic E-state index is 13.2. The number of nitrogens with one attached hydrogen (secondary N) is 3. The van der Waals surface area contributed by atoms with Gasteiger partial charge in [-0.1, -0.05) is 19.9 Å². The molecule has 182 valence electrons. The number of hydrogen-bond acceptors (Lipinski definition) is 6. The van der Waals surface area contributed by atoms with Gasteiger partial charge in [-0.3, -0.25) is 14.4 Å². The molecule has 3 rings (SSSR count). The van der Waals surface area contributed by atoms with E-state index >= 15 is 0 Å². The normalized spacial score (nSPS) is 18.2. The van der Waals surface area contributed by atoms with Gasteiger partial charge in [0.2, 0.25) is 11.8 Å². The number of aromatic nitrogens is 1. The molecule has 1 aromatic heterocycles. The van der Waals surface area contributed by atoms with Gasteiger partial charge in [0.25, 0.3) is 0 Å². The van der Waals surface area contributed by atoms with E-state index in [1.807, 2.05) is 38.1 Å². The lowest BCUT2D eigenvalue weighted by atomic mass is 9.89. The van der Waals surface area contributed by atoms with Gasteiger partial charge in [0.05, 0.1) is 24.9 Å². The molecule has 2 amide bonds. The summed E-state index contributed by atoms with van der Waals surface area (Å²) < 4.78 is 5.37. The SMILES string of the molecule is COc1cccc2[nH]c(C(=O)CC(CC(C)C)C(=O)N[C@@H](C[C@@H]3CCNC3=O)C(N)C#N)cc12. The summed E-state index contributed by atoms with van der Waals surface area (Å²) in [6, 6.07) is 7.62. The van der Waals surface area contributed by atoms with Gasteiger partial charge < -0.3 is 26.1 Å². The fourth-order valence-electron chi connectivity index (χ4n) is 4.50. The standard InChI is InChI=1S/C25H33N5O4/c1-14(2)9-16(11-22(31)21-12-17-19(29-21)5-4-6-23(17)34-3)25(33)30-20(18(27)13-26)10-15-7-8-28-24(15)32/h4-6,12,14-16,18,20,29H,7-11,27H2,1-3H3,(H,28,32)(H,30,33)/t15-,16?,18?,20-/m0/s1. The quantitative estimate of drug-likeness (QED) is 0.372. The molecule has 34 heavy (non-hydrogen) atoms. The van der Waals surface area contributed by atoms with Gasteiger partial charge in [-0.25, -0.2) is 0 Å². The Morgan fingerprint density at radius 2 is 2.12 bits per heavy atom. The fourth-order valence-corrected chi connectivity index (χ4v) is 4.50. The van der Waals surface area contributed by atoms with Gasteiger partial charge in [-0.2, -0.15) is 5.26 Å². The van der Waals surface area contributed by atoms with Crippen LogP contribution in [0.4, 0.5) is 0 Å². The third kappa shape index (κ3) is 5.94. The Bertz CT molecular complexity index is 1090. The van der Waals surface area contributed by atoms with Crippen LogP contribution in [-0.2, 0) is 9.59 Å². The highest BCUT2D eigenvalue weighted by molar-refractivity contribution is 6.02. The molecule has 0 spiro atoms. The van der Waals surface area contributed by atoms with Crippen LogP contribution in [0.1, 0.15) is 50.0 Å². The Morgan fingerprint density at radius 3 is 2.74 bits per heavy atom. The summed E-state index contributed by atoms with van der Waals surface area (Å²) >= 11 is 0. The Morgan fingerprint density at radius 1 is 1.35 bits per heavy atom. The maximum atomic E-state index is 13.2. The van der Waals surface area contributed by atoms with Crippen molar-refractivity contribution in [3.63, 3.8) is 0 Å². The minimum absolute atomic E-state index is 0.0115. The van der Waals surface area contributed by atoms with Crippen molar-refractivity contribution < 1.29 is 19.1 Å². The summed E-state index contributed by atoms with van der Waals surface area (Å²) in [7, 11) is 1.57. The van der Waals surface area contributed by atoms with Crippen molar-refractivity contribution in [1.82, 2.24) is 15.6 Å². The number of nitrogens with two attached hydrogens (primary N) is 1. The molecule has 1 saturated heterocycles. The molecule has 0 bridgehead atoms. The Hall–Kier alpha value is -3.38. The van der Waals surface area contributed by atoms with Crippen molar-refractivity contribution in [3.8, 4) is 11.8 Å². The molecular formula is C25H33N5O4. The van der Waals surface area contributed by atoms with Crippen LogP contribution in [0.15, 0.2) is 24.3 Å². The highest BCUT2D eigenvalue weighted by Gasteiger charge is 2.33. The van der Waals surface area contributed by atoms with Gasteiger partial charge in [0.15, 0.2) is 5.78 Å². The molecule has 1 aliphatic heterocycles. The minimum Gasteiger partial charge on any atom is -0.496 e. The minimum atomic E-state index is -0.950. The molecule has 2 heterocycles. The van der Waals surface area contributed by atoms with E-state index in [1.165, 1.54) is 0 Å². The molecule has 2 aromatic rings. The zero-order valence-electron chi connectivity index (χ0n) is 19.9. The zero-order valence-corrected chi connectivity index (χ0v) is 19.9. The molecule has 1 fully saturated rings. The van der Waals surface area contributed by atoms with E-state index in [1.54, 1.807) is 13.2 Å². The third-order valence-electron chi connectivity index (χ3n) is 6.31. The second-order valence-corrected chi connectivity index (χ2v) is 9.34. The van der Waals surface area contributed by atoms with Gasteiger partial charge in [0, 0.05) is 35.7 Å². The average molecular weight is 468 g/mol. The van der Waals surface area contributed by atoms with E-state index in [0.717, 1.165) is 10.9 Å². The van der Waals surface area contributed by atoms with E-state index in [9.17, 15) is 19.6 Å².